The Kier molecular flexibility index (Phi) is 6.65. The first-order valence-electron chi connectivity index (χ1n) is 8.86. The molecule has 0 saturated heterocycles. The van der Waals surface area contributed by atoms with Gasteiger partial charge in [0.2, 0.25) is 5.82 Å². The molecule has 11 heteroatoms. The number of hydroxylamine groups is 2. The Bertz CT molecular complexity index is 1050. The summed E-state index contributed by atoms with van der Waals surface area (Å²) in [5.41, 5.74) is 1.56. The van der Waals surface area contributed by atoms with E-state index in [1.165, 1.54) is 26.4 Å². The Balaban J connectivity index is 1.76. The summed E-state index contributed by atoms with van der Waals surface area (Å²) in [5, 5.41) is 8.23. The molecule has 3 aromatic rings. The van der Waals surface area contributed by atoms with Gasteiger partial charge in [-0.05, 0) is 5.56 Å². The lowest BCUT2D eigenvalue weighted by Crippen LogP contribution is -2.36. The van der Waals surface area contributed by atoms with Crippen molar-refractivity contribution in [2.75, 3.05) is 14.2 Å². The first-order chi connectivity index (χ1) is 14.8. The Morgan fingerprint density at radius 3 is 2.32 bits per heavy atom. The first-order valence-corrected chi connectivity index (χ1v) is 8.86. The lowest BCUT2D eigenvalue weighted by molar-refractivity contribution is -0.171. The van der Waals surface area contributed by atoms with Gasteiger partial charge >= 0.3 is 12.1 Å². The molecular formula is C20H17F3N4O4. The quantitative estimate of drug-likeness (QED) is 0.416. The molecule has 2 aromatic carbocycles. The monoisotopic (exact) mass is 434 g/mol. The number of amides is 1. The van der Waals surface area contributed by atoms with E-state index in [9.17, 15) is 18.0 Å². The number of alkyl halides is 3. The van der Waals surface area contributed by atoms with Gasteiger partial charge in [-0.2, -0.15) is 18.2 Å². The van der Waals surface area contributed by atoms with Gasteiger partial charge in [0, 0.05) is 11.1 Å². The molecule has 162 valence electrons. The summed E-state index contributed by atoms with van der Waals surface area (Å²) in [6.07, 6.45) is -4.72. The molecule has 0 bridgehead atoms. The van der Waals surface area contributed by atoms with Crippen molar-refractivity contribution in [3.8, 4) is 11.4 Å². The van der Waals surface area contributed by atoms with Crippen molar-refractivity contribution in [1.82, 2.24) is 15.2 Å². The van der Waals surface area contributed by atoms with Crippen molar-refractivity contribution < 1.29 is 32.2 Å². The number of hydrogen-bond acceptors (Lipinski definition) is 7. The highest BCUT2D eigenvalue weighted by molar-refractivity contribution is 6.44. The minimum Gasteiger partial charge on any atom is -0.398 e. The van der Waals surface area contributed by atoms with Crippen LogP contribution >= 0.6 is 0 Å². The van der Waals surface area contributed by atoms with Crippen molar-refractivity contribution in [2.24, 2.45) is 5.16 Å². The van der Waals surface area contributed by atoms with E-state index in [1.807, 2.05) is 0 Å². The highest BCUT2D eigenvalue weighted by Crippen LogP contribution is 2.29. The fraction of sp³-hybridized carbons (Fsp3) is 0.200. The first kappa shape index (κ1) is 22.0. The van der Waals surface area contributed by atoms with Crippen LogP contribution in [0.15, 0.2) is 64.3 Å². The molecule has 0 spiro atoms. The van der Waals surface area contributed by atoms with Gasteiger partial charge < -0.3 is 9.36 Å². The largest absolute Gasteiger partial charge is 0.471 e. The second-order valence-electron chi connectivity index (χ2n) is 6.13. The average Bonchev–Trinajstić information content (AvgIpc) is 3.27. The molecule has 1 aromatic heterocycles. The average molecular weight is 434 g/mol. The number of halogens is 3. The van der Waals surface area contributed by atoms with E-state index in [0.717, 1.165) is 5.06 Å². The van der Waals surface area contributed by atoms with Crippen molar-refractivity contribution in [1.29, 1.82) is 0 Å². The van der Waals surface area contributed by atoms with E-state index in [2.05, 4.69) is 19.8 Å². The lowest BCUT2D eigenvalue weighted by Gasteiger charge is -2.20. The third-order valence-electron chi connectivity index (χ3n) is 4.09. The molecule has 1 heterocycles. The molecule has 1 amide bonds. The Morgan fingerprint density at radius 2 is 1.77 bits per heavy atom. The Morgan fingerprint density at radius 1 is 1.10 bits per heavy atom. The van der Waals surface area contributed by atoms with Crippen molar-refractivity contribution in [3.05, 3.63) is 71.6 Å². The second kappa shape index (κ2) is 9.39. The highest BCUT2D eigenvalue weighted by atomic mass is 19.4. The van der Waals surface area contributed by atoms with E-state index in [0.29, 0.717) is 16.7 Å². The number of hydrogen-bond donors (Lipinski definition) is 0. The molecule has 31 heavy (non-hydrogen) atoms. The fourth-order valence-corrected chi connectivity index (χ4v) is 2.62. The molecule has 0 saturated carbocycles. The van der Waals surface area contributed by atoms with Crippen LogP contribution in [0, 0.1) is 0 Å². The zero-order chi connectivity index (χ0) is 22.4. The van der Waals surface area contributed by atoms with E-state index in [4.69, 9.17) is 9.68 Å². The number of rotatable bonds is 7. The van der Waals surface area contributed by atoms with Gasteiger partial charge in [0.15, 0.2) is 5.71 Å². The van der Waals surface area contributed by atoms with Crippen molar-refractivity contribution in [2.45, 2.75) is 12.7 Å². The molecule has 0 N–H and O–H groups in total. The van der Waals surface area contributed by atoms with Crippen LogP contribution in [0.1, 0.15) is 17.0 Å². The summed E-state index contributed by atoms with van der Waals surface area (Å²) in [5.74, 6) is -2.15. The molecule has 3 rings (SSSR count). The molecular weight excluding hydrogens is 417 g/mol. The van der Waals surface area contributed by atoms with Crippen molar-refractivity contribution >= 4 is 11.6 Å². The summed E-state index contributed by atoms with van der Waals surface area (Å²) in [7, 11) is 2.66. The lowest BCUT2D eigenvalue weighted by atomic mass is 10.1. The predicted octanol–water partition coefficient (Wildman–Crippen LogP) is 3.70. The summed E-state index contributed by atoms with van der Waals surface area (Å²) in [6.45, 7) is 0.0469. The number of aromatic nitrogens is 2. The van der Waals surface area contributed by atoms with Gasteiger partial charge in [-0.25, -0.2) is 5.06 Å². The maximum absolute atomic E-state index is 12.9. The zero-order valence-electron chi connectivity index (χ0n) is 16.5. The van der Waals surface area contributed by atoms with E-state index < -0.39 is 18.0 Å². The summed E-state index contributed by atoms with van der Waals surface area (Å²) < 4.78 is 42.1. The fourth-order valence-electron chi connectivity index (χ4n) is 2.62. The minimum absolute atomic E-state index is 0.0469. The minimum atomic E-state index is -4.72. The molecule has 0 atom stereocenters. The van der Waals surface area contributed by atoms with Gasteiger partial charge in [-0.1, -0.05) is 64.9 Å². The van der Waals surface area contributed by atoms with Gasteiger partial charge in [0.25, 0.3) is 5.91 Å². The van der Waals surface area contributed by atoms with Crippen LogP contribution in [-0.4, -0.2) is 41.0 Å². The summed E-state index contributed by atoms with van der Waals surface area (Å²) in [6, 6.07) is 15.0. The zero-order valence-corrected chi connectivity index (χ0v) is 16.5. The highest BCUT2D eigenvalue weighted by Gasteiger charge is 2.38. The van der Waals surface area contributed by atoms with Gasteiger partial charge in [0.1, 0.15) is 7.11 Å². The SMILES string of the molecule is CO/N=C(/C(=O)N(Cc1ccc(-c2noc(C(F)(F)F)n2)cc1)OC)c1ccccc1. The van der Waals surface area contributed by atoms with Gasteiger partial charge in [-0.3, -0.25) is 9.63 Å². The third kappa shape index (κ3) is 5.25. The number of oxime groups is 1. The topological polar surface area (TPSA) is 90.1 Å². The van der Waals surface area contributed by atoms with E-state index >= 15 is 0 Å². The number of benzene rings is 2. The Labute approximate surface area is 174 Å². The van der Waals surface area contributed by atoms with Crippen LogP contribution in [0.25, 0.3) is 11.4 Å². The van der Waals surface area contributed by atoms with Crippen LogP contribution in [0.2, 0.25) is 0 Å². The summed E-state index contributed by atoms with van der Waals surface area (Å²) >= 11 is 0. The van der Waals surface area contributed by atoms with E-state index in [1.54, 1.807) is 42.5 Å². The normalized spacial score (nSPS) is 12.0. The third-order valence-corrected chi connectivity index (χ3v) is 4.09. The van der Waals surface area contributed by atoms with Crippen LogP contribution in [-0.2, 0) is 27.2 Å². The predicted molar refractivity (Wildman–Crippen MR) is 102 cm³/mol. The number of carbonyl (C=O) groups excluding carboxylic acids is 1. The number of carbonyl (C=O) groups is 1. The van der Waals surface area contributed by atoms with Crippen molar-refractivity contribution in [3.63, 3.8) is 0 Å². The molecule has 0 fully saturated rings. The van der Waals surface area contributed by atoms with Crippen LogP contribution < -0.4 is 0 Å². The van der Waals surface area contributed by atoms with Crippen LogP contribution in [0.3, 0.4) is 0 Å². The van der Waals surface area contributed by atoms with Gasteiger partial charge in [0.05, 0.1) is 13.7 Å². The summed E-state index contributed by atoms with van der Waals surface area (Å²) in [4.78, 5) is 26.2. The van der Waals surface area contributed by atoms with Crippen LogP contribution in [0.4, 0.5) is 13.2 Å². The molecule has 8 nitrogen and oxygen atoms in total. The molecule has 0 aliphatic heterocycles. The van der Waals surface area contributed by atoms with Gasteiger partial charge in [-0.15, -0.1) is 0 Å². The van der Waals surface area contributed by atoms with E-state index in [-0.39, 0.29) is 18.1 Å². The molecule has 0 unspecified atom stereocenters. The van der Waals surface area contributed by atoms with Crippen LogP contribution in [0.5, 0.6) is 0 Å². The molecule has 0 aliphatic rings. The second-order valence-corrected chi connectivity index (χ2v) is 6.13. The molecule has 0 radical (unpaired) electrons. The Hall–Kier alpha value is -3.73. The number of nitrogens with zero attached hydrogens (tertiary/aromatic N) is 4. The maximum atomic E-state index is 12.9. The smallest absolute Gasteiger partial charge is 0.398 e. The molecule has 0 aliphatic carbocycles. The maximum Gasteiger partial charge on any atom is 0.471 e. The standard InChI is InChI=1S/C20H17F3N4O4/c1-29-25-16(14-6-4-3-5-7-14)18(28)27(30-2)12-13-8-10-15(11-9-13)17-24-19(31-26-17)20(21,22)23/h3-11H,12H2,1-2H3/b25-16+.